The fraction of sp³-hybridized carbons (Fsp3) is 0.0435. The second-order valence-corrected chi connectivity index (χ2v) is 7.37. The summed E-state index contributed by atoms with van der Waals surface area (Å²) in [5, 5.41) is 13.7. The molecule has 7 nitrogen and oxygen atoms in total. The quantitative estimate of drug-likeness (QED) is 0.229. The van der Waals surface area contributed by atoms with Gasteiger partial charge in [-0.15, -0.1) is 0 Å². The first-order valence-electron chi connectivity index (χ1n) is 9.70. The van der Waals surface area contributed by atoms with E-state index in [1.54, 1.807) is 29.2 Å². The van der Waals surface area contributed by atoms with Crippen LogP contribution in [-0.2, 0) is 0 Å². The molecule has 0 aliphatic rings. The summed E-state index contributed by atoms with van der Waals surface area (Å²) in [6.07, 6.45) is 3.37. The predicted molar refractivity (Wildman–Crippen MR) is 121 cm³/mol. The smallest absolute Gasteiger partial charge is 0.134 e. The van der Waals surface area contributed by atoms with Crippen molar-refractivity contribution >= 4 is 28.0 Å². The van der Waals surface area contributed by atoms with Crippen molar-refractivity contribution < 1.29 is 4.39 Å². The van der Waals surface area contributed by atoms with Crippen molar-refractivity contribution in [2.24, 2.45) is 5.84 Å². The van der Waals surface area contributed by atoms with Gasteiger partial charge in [0, 0.05) is 10.9 Å². The molecule has 0 aliphatic carbocycles. The Bertz CT molecular complexity index is 1400. The number of nitrogens with one attached hydrogen (secondary N) is 1. The highest BCUT2D eigenvalue weighted by Gasteiger charge is 2.18. The molecule has 5 aromatic rings. The maximum Gasteiger partial charge on any atom is 0.134 e. The zero-order valence-electron chi connectivity index (χ0n) is 16.7. The maximum absolute atomic E-state index is 15.0. The number of hydrazine groups is 1. The molecule has 2 heterocycles. The summed E-state index contributed by atoms with van der Waals surface area (Å²) in [6.45, 7) is 2.00. The number of hydrogen-bond donors (Lipinski definition) is 3. The number of nitrogen functional groups attached to an aromatic ring is 1. The summed E-state index contributed by atoms with van der Waals surface area (Å²) in [7, 11) is 0. The highest BCUT2D eigenvalue weighted by molar-refractivity contribution is 5.86. The molecule has 0 saturated carbocycles. The Kier molecular flexibility index (Phi) is 4.41. The monoisotopic (exact) mass is 413 g/mol. The van der Waals surface area contributed by atoms with Crippen molar-refractivity contribution in [1.29, 1.82) is 0 Å². The predicted octanol–water partition coefficient (Wildman–Crippen LogP) is 4.46. The van der Waals surface area contributed by atoms with Crippen molar-refractivity contribution in [1.82, 2.24) is 20.0 Å². The van der Waals surface area contributed by atoms with Gasteiger partial charge in [-0.3, -0.25) is 10.1 Å². The second kappa shape index (κ2) is 7.26. The number of aryl methyl sites for hydroxylation is 1. The summed E-state index contributed by atoms with van der Waals surface area (Å²) in [6, 6.07) is 18.2. The highest BCUT2D eigenvalue weighted by Crippen LogP contribution is 2.35. The van der Waals surface area contributed by atoms with Crippen LogP contribution in [0, 0.1) is 12.7 Å². The molecule has 0 radical (unpaired) electrons. The molecule has 0 spiro atoms. The molecule has 0 unspecified atom stereocenters. The first-order valence-corrected chi connectivity index (χ1v) is 9.70. The maximum atomic E-state index is 15.0. The lowest BCUT2D eigenvalue weighted by atomic mass is 10.1. The van der Waals surface area contributed by atoms with E-state index in [0.29, 0.717) is 22.6 Å². The van der Waals surface area contributed by atoms with Crippen LogP contribution in [0.15, 0.2) is 73.1 Å². The lowest BCUT2D eigenvalue weighted by molar-refractivity contribution is 0.630. The Hall–Kier alpha value is -4.17. The SMILES string of the molecule is Cc1cccc(-n2nccc2-c2cc(N(N)c3ccc4cn[nH]c4c3)c(N)cc2F)c1. The number of hydrogen-bond acceptors (Lipinski definition) is 5. The van der Waals surface area contributed by atoms with Crippen LogP contribution in [0.5, 0.6) is 0 Å². The van der Waals surface area contributed by atoms with E-state index in [1.165, 1.54) is 11.1 Å². The molecular formula is C23H20FN7. The molecule has 3 aromatic carbocycles. The van der Waals surface area contributed by atoms with Gasteiger partial charge in [0.25, 0.3) is 0 Å². The lowest BCUT2D eigenvalue weighted by Crippen LogP contribution is -2.26. The Morgan fingerprint density at radius 3 is 2.77 bits per heavy atom. The highest BCUT2D eigenvalue weighted by atomic mass is 19.1. The first kappa shape index (κ1) is 18.8. The zero-order chi connectivity index (χ0) is 21.5. The molecule has 8 heteroatoms. The van der Waals surface area contributed by atoms with Crippen LogP contribution in [-0.4, -0.2) is 20.0 Å². The van der Waals surface area contributed by atoms with Gasteiger partial charge in [-0.1, -0.05) is 12.1 Å². The van der Waals surface area contributed by atoms with Gasteiger partial charge in [-0.05, 0) is 61.0 Å². The number of nitrogens with zero attached hydrogens (tertiary/aromatic N) is 4. The average Bonchev–Trinajstić information content (AvgIpc) is 3.42. The number of halogens is 1. The van der Waals surface area contributed by atoms with Crippen LogP contribution in [0.1, 0.15) is 5.56 Å². The summed E-state index contributed by atoms with van der Waals surface area (Å²) < 4.78 is 16.7. The van der Waals surface area contributed by atoms with Crippen LogP contribution >= 0.6 is 0 Å². The number of nitrogens with two attached hydrogens (primary N) is 2. The van der Waals surface area contributed by atoms with Gasteiger partial charge in [0.1, 0.15) is 5.82 Å². The first-order chi connectivity index (χ1) is 15.0. The van der Waals surface area contributed by atoms with Crippen LogP contribution in [0.2, 0.25) is 0 Å². The molecule has 0 fully saturated rings. The van der Waals surface area contributed by atoms with Crippen molar-refractivity contribution in [3.05, 3.63) is 84.4 Å². The fourth-order valence-electron chi connectivity index (χ4n) is 3.67. The van der Waals surface area contributed by atoms with E-state index in [4.69, 9.17) is 11.6 Å². The number of aromatic nitrogens is 4. The number of H-pyrrole nitrogens is 1. The van der Waals surface area contributed by atoms with Gasteiger partial charge in [0.2, 0.25) is 0 Å². The van der Waals surface area contributed by atoms with E-state index in [2.05, 4.69) is 15.3 Å². The molecular weight excluding hydrogens is 393 g/mol. The molecule has 5 N–H and O–H groups in total. The van der Waals surface area contributed by atoms with E-state index in [9.17, 15) is 0 Å². The number of benzene rings is 3. The number of rotatable bonds is 4. The van der Waals surface area contributed by atoms with Crippen molar-refractivity contribution in [3.63, 3.8) is 0 Å². The van der Waals surface area contributed by atoms with E-state index >= 15 is 4.39 Å². The van der Waals surface area contributed by atoms with E-state index < -0.39 is 5.82 Å². The number of aromatic amines is 1. The van der Waals surface area contributed by atoms with E-state index in [-0.39, 0.29) is 5.69 Å². The Labute approximate surface area is 177 Å². The summed E-state index contributed by atoms with van der Waals surface area (Å²) in [4.78, 5) is 0. The van der Waals surface area contributed by atoms with Gasteiger partial charge < -0.3 is 5.73 Å². The van der Waals surface area contributed by atoms with Gasteiger partial charge in [0.15, 0.2) is 0 Å². The molecule has 0 aliphatic heterocycles. The van der Waals surface area contributed by atoms with E-state index in [1.807, 2.05) is 49.4 Å². The lowest BCUT2D eigenvalue weighted by Gasteiger charge is -2.22. The Morgan fingerprint density at radius 2 is 1.94 bits per heavy atom. The normalized spacial score (nSPS) is 11.2. The van der Waals surface area contributed by atoms with Crippen molar-refractivity contribution in [3.8, 4) is 16.9 Å². The number of fused-ring (bicyclic) bond motifs is 1. The molecule has 2 aromatic heterocycles. The van der Waals surface area contributed by atoms with Crippen LogP contribution < -0.4 is 16.6 Å². The topological polar surface area (TPSA) is 102 Å². The Balaban J connectivity index is 1.61. The fourth-order valence-corrected chi connectivity index (χ4v) is 3.67. The molecule has 0 amide bonds. The van der Waals surface area contributed by atoms with Crippen molar-refractivity contribution in [2.75, 3.05) is 10.7 Å². The molecule has 0 bridgehead atoms. The van der Waals surface area contributed by atoms with Gasteiger partial charge in [-0.25, -0.2) is 14.9 Å². The molecule has 0 saturated heterocycles. The largest absolute Gasteiger partial charge is 0.397 e. The molecule has 154 valence electrons. The van der Waals surface area contributed by atoms with Crippen LogP contribution in [0.3, 0.4) is 0 Å². The van der Waals surface area contributed by atoms with Crippen LogP contribution in [0.4, 0.5) is 21.5 Å². The standard InChI is InChI=1S/C23H20FN7/c1-14-3-2-4-17(9-14)31-22(7-8-28-31)18-11-23(20(25)12-19(18)24)30(26)16-6-5-15-13-27-29-21(15)10-16/h2-13H,25-26H2,1H3,(H,27,29). The minimum atomic E-state index is -0.451. The Morgan fingerprint density at radius 1 is 1.06 bits per heavy atom. The van der Waals surface area contributed by atoms with Crippen LogP contribution in [0.25, 0.3) is 27.8 Å². The average molecular weight is 413 g/mol. The molecule has 5 rings (SSSR count). The number of anilines is 3. The van der Waals surface area contributed by atoms with Gasteiger partial charge >= 0.3 is 0 Å². The van der Waals surface area contributed by atoms with Gasteiger partial charge in [-0.2, -0.15) is 10.2 Å². The molecule has 0 atom stereocenters. The summed E-state index contributed by atoms with van der Waals surface area (Å²) in [5.41, 5.74) is 11.2. The third-order valence-corrected chi connectivity index (χ3v) is 5.24. The van der Waals surface area contributed by atoms with E-state index in [0.717, 1.165) is 22.2 Å². The molecule has 31 heavy (non-hydrogen) atoms. The third kappa shape index (κ3) is 3.28. The summed E-state index contributed by atoms with van der Waals surface area (Å²) in [5.74, 6) is 5.94. The summed E-state index contributed by atoms with van der Waals surface area (Å²) >= 11 is 0. The minimum absolute atomic E-state index is 0.232. The minimum Gasteiger partial charge on any atom is -0.397 e. The third-order valence-electron chi connectivity index (χ3n) is 5.24. The van der Waals surface area contributed by atoms with Gasteiger partial charge in [0.05, 0.1) is 46.4 Å². The zero-order valence-corrected chi connectivity index (χ0v) is 16.7. The van der Waals surface area contributed by atoms with Crippen molar-refractivity contribution in [2.45, 2.75) is 6.92 Å². The second-order valence-electron chi connectivity index (χ2n) is 7.37.